The fourth-order valence-electron chi connectivity index (χ4n) is 3.80. The van der Waals surface area contributed by atoms with E-state index in [4.69, 9.17) is 4.74 Å². The maximum Gasteiger partial charge on any atom is 0.261 e. The lowest BCUT2D eigenvalue weighted by Gasteiger charge is -2.18. The van der Waals surface area contributed by atoms with Crippen molar-refractivity contribution in [3.05, 3.63) is 95.1 Å². The van der Waals surface area contributed by atoms with Gasteiger partial charge in [0.25, 0.3) is 11.8 Å². The molecule has 1 aliphatic rings. The number of nitrogens with zero attached hydrogens (tertiary/aromatic N) is 1. The van der Waals surface area contributed by atoms with Gasteiger partial charge in [-0.15, -0.1) is 0 Å². The highest BCUT2D eigenvalue weighted by Gasteiger charge is 2.26. The van der Waals surface area contributed by atoms with Crippen LogP contribution in [0.15, 0.2) is 72.8 Å². The van der Waals surface area contributed by atoms with Crippen molar-refractivity contribution in [3.8, 4) is 5.75 Å². The Morgan fingerprint density at radius 3 is 2.61 bits per heavy atom. The zero-order valence-corrected chi connectivity index (χ0v) is 17.8. The molecule has 5 nitrogen and oxygen atoms in total. The first kappa shape index (κ1) is 20.7. The molecule has 5 heteroatoms. The average molecular weight is 415 g/mol. The summed E-state index contributed by atoms with van der Waals surface area (Å²) in [6.45, 7) is 4.81. The fourth-order valence-corrected chi connectivity index (χ4v) is 3.80. The standard InChI is InChI=1S/C26H26N2O3/c1-18-7-6-8-22(15-18)26(30)28-14-13-21-16-20(11-12-24(21)28)17-27-25(29)19(2)31-23-9-4-3-5-10-23/h3-12,15-16,19H,13-14,17H2,1-2H3,(H,27,29). The summed E-state index contributed by atoms with van der Waals surface area (Å²) in [5.74, 6) is 0.525. The first-order valence-corrected chi connectivity index (χ1v) is 10.5. The molecule has 1 N–H and O–H groups in total. The van der Waals surface area contributed by atoms with Crippen molar-refractivity contribution < 1.29 is 14.3 Å². The average Bonchev–Trinajstić information content (AvgIpc) is 3.21. The Kier molecular flexibility index (Phi) is 6.03. The summed E-state index contributed by atoms with van der Waals surface area (Å²) in [4.78, 5) is 27.2. The molecular weight excluding hydrogens is 388 g/mol. The third kappa shape index (κ3) is 4.77. The van der Waals surface area contributed by atoms with Gasteiger partial charge in [-0.05, 0) is 61.7 Å². The zero-order chi connectivity index (χ0) is 21.8. The summed E-state index contributed by atoms with van der Waals surface area (Å²) in [6, 6.07) is 23.0. The minimum atomic E-state index is -0.584. The van der Waals surface area contributed by atoms with Gasteiger partial charge in [0, 0.05) is 24.3 Å². The number of para-hydroxylation sites is 1. The van der Waals surface area contributed by atoms with Gasteiger partial charge in [0.05, 0.1) is 0 Å². The lowest BCUT2D eigenvalue weighted by Crippen LogP contribution is -2.35. The number of amides is 2. The van der Waals surface area contributed by atoms with Crippen molar-refractivity contribution in [2.45, 2.75) is 32.9 Å². The molecule has 0 bridgehead atoms. The van der Waals surface area contributed by atoms with Crippen LogP contribution < -0.4 is 15.0 Å². The van der Waals surface area contributed by atoms with Gasteiger partial charge in [-0.25, -0.2) is 0 Å². The molecule has 0 saturated carbocycles. The van der Waals surface area contributed by atoms with Gasteiger partial charge in [0.2, 0.25) is 0 Å². The second-order valence-corrected chi connectivity index (χ2v) is 7.83. The van der Waals surface area contributed by atoms with Crippen LogP contribution in [0.25, 0.3) is 0 Å². The predicted molar refractivity (Wildman–Crippen MR) is 121 cm³/mol. The maximum absolute atomic E-state index is 12.9. The summed E-state index contributed by atoms with van der Waals surface area (Å²) < 4.78 is 5.67. The summed E-state index contributed by atoms with van der Waals surface area (Å²) in [7, 11) is 0. The molecule has 3 aromatic rings. The number of carbonyl (C=O) groups excluding carboxylic acids is 2. The number of benzene rings is 3. The van der Waals surface area contributed by atoms with Gasteiger partial charge < -0.3 is 15.0 Å². The Morgan fingerprint density at radius 1 is 1.03 bits per heavy atom. The zero-order valence-electron chi connectivity index (χ0n) is 17.8. The normalized spacial score (nSPS) is 13.4. The molecule has 1 unspecified atom stereocenters. The van der Waals surface area contributed by atoms with Gasteiger partial charge in [0.15, 0.2) is 6.10 Å². The van der Waals surface area contributed by atoms with Crippen LogP contribution in [0.3, 0.4) is 0 Å². The van der Waals surface area contributed by atoms with Crippen LogP contribution in [0.4, 0.5) is 5.69 Å². The first-order valence-electron chi connectivity index (χ1n) is 10.5. The van der Waals surface area contributed by atoms with E-state index >= 15 is 0 Å². The molecule has 1 aliphatic heterocycles. The number of hydrogen-bond donors (Lipinski definition) is 1. The van der Waals surface area contributed by atoms with Crippen LogP contribution in [-0.4, -0.2) is 24.5 Å². The molecule has 1 heterocycles. The SMILES string of the molecule is Cc1cccc(C(=O)N2CCc3cc(CNC(=O)C(C)Oc4ccccc4)ccc32)c1. The number of carbonyl (C=O) groups is 2. The summed E-state index contributed by atoms with van der Waals surface area (Å²) in [6.07, 6.45) is 0.224. The second-order valence-electron chi connectivity index (χ2n) is 7.83. The highest BCUT2D eigenvalue weighted by Crippen LogP contribution is 2.30. The van der Waals surface area contributed by atoms with Crippen molar-refractivity contribution in [2.24, 2.45) is 0 Å². The quantitative estimate of drug-likeness (QED) is 0.655. The highest BCUT2D eigenvalue weighted by atomic mass is 16.5. The molecule has 0 fully saturated rings. The van der Waals surface area contributed by atoms with Crippen LogP contribution in [0.1, 0.15) is 34.0 Å². The maximum atomic E-state index is 12.9. The Morgan fingerprint density at radius 2 is 1.84 bits per heavy atom. The largest absolute Gasteiger partial charge is 0.481 e. The van der Waals surface area contributed by atoms with Crippen LogP contribution in [0.2, 0.25) is 0 Å². The third-order valence-corrected chi connectivity index (χ3v) is 5.44. The molecule has 31 heavy (non-hydrogen) atoms. The summed E-state index contributed by atoms with van der Waals surface area (Å²) >= 11 is 0. The Labute approximate surface area is 182 Å². The van der Waals surface area contributed by atoms with E-state index in [9.17, 15) is 9.59 Å². The third-order valence-electron chi connectivity index (χ3n) is 5.44. The fraction of sp³-hybridized carbons (Fsp3) is 0.231. The molecule has 0 aromatic heterocycles. The number of fused-ring (bicyclic) bond motifs is 1. The monoisotopic (exact) mass is 414 g/mol. The molecule has 1 atom stereocenters. The predicted octanol–water partition coefficient (Wildman–Crippen LogP) is 4.28. The lowest BCUT2D eigenvalue weighted by atomic mass is 10.1. The van der Waals surface area contributed by atoms with Crippen molar-refractivity contribution in [2.75, 3.05) is 11.4 Å². The molecule has 0 radical (unpaired) electrons. The minimum absolute atomic E-state index is 0.0235. The molecular formula is C26H26N2O3. The second kappa shape index (κ2) is 9.04. The van der Waals surface area contributed by atoms with Gasteiger partial charge in [0.1, 0.15) is 5.75 Å². The molecule has 0 spiro atoms. The van der Waals surface area contributed by atoms with E-state index in [0.29, 0.717) is 24.4 Å². The van der Waals surface area contributed by atoms with E-state index in [1.165, 1.54) is 0 Å². The van der Waals surface area contributed by atoms with Gasteiger partial charge in [-0.2, -0.15) is 0 Å². The summed E-state index contributed by atoms with van der Waals surface area (Å²) in [5, 5.41) is 2.93. The van der Waals surface area contributed by atoms with Crippen molar-refractivity contribution >= 4 is 17.5 Å². The Hall–Kier alpha value is -3.60. The van der Waals surface area contributed by atoms with Crippen molar-refractivity contribution in [1.82, 2.24) is 5.32 Å². The number of anilines is 1. The number of ether oxygens (including phenoxy) is 1. The van der Waals surface area contributed by atoms with Crippen LogP contribution in [0.5, 0.6) is 5.75 Å². The van der Waals surface area contributed by atoms with Crippen LogP contribution >= 0.6 is 0 Å². The van der Waals surface area contributed by atoms with E-state index in [2.05, 4.69) is 11.4 Å². The van der Waals surface area contributed by atoms with Gasteiger partial charge >= 0.3 is 0 Å². The minimum Gasteiger partial charge on any atom is -0.481 e. The first-order chi connectivity index (χ1) is 15.0. The van der Waals surface area contributed by atoms with E-state index in [-0.39, 0.29) is 11.8 Å². The van der Waals surface area contributed by atoms with Crippen LogP contribution in [0, 0.1) is 6.92 Å². The number of nitrogens with one attached hydrogen (secondary N) is 1. The highest BCUT2D eigenvalue weighted by molar-refractivity contribution is 6.07. The van der Waals surface area contributed by atoms with Gasteiger partial charge in [-0.1, -0.05) is 48.0 Å². The lowest BCUT2D eigenvalue weighted by molar-refractivity contribution is -0.127. The number of aryl methyl sites for hydroxylation is 1. The molecule has 3 aromatic carbocycles. The molecule has 2 amide bonds. The van der Waals surface area contributed by atoms with E-state index in [1.54, 1.807) is 6.92 Å². The summed E-state index contributed by atoms with van der Waals surface area (Å²) in [5.41, 5.74) is 4.85. The van der Waals surface area contributed by atoms with E-state index in [0.717, 1.165) is 28.8 Å². The topological polar surface area (TPSA) is 58.6 Å². The Bertz CT molecular complexity index is 1090. The molecule has 0 aliphatic carbocycles. The van der Waals surface area contributed by atoms with Crippen LogP contribution in [-0.2, 0) is 17.8 Å². The van der Waals surface area contributed by atoms with Crippen molar-refractivity contribution in [1.29, 1.82) is 0 Å². The molecule has 158 valence electrons. The van der Waals surface area contributed by atoms with Gasteiger partial charge in [-0.3, -0.25) is 9.59 Å². The smallest absolute Gasteiger partial charge is 0.261 e. The van der Waals surface area contributed by atoms with Crippen molar-refractivity contribution in [3.63, 3.8) is 0 Å². The Balaban J connectivity index is 1.38. The number of hydrogen-bond acceptors (Lipinski definition) is 3. The number of rotatable bonds is 6. The van der Waals surface area contributed by atoms with E-state index in [1.807, 2.05) is 78.6 Å². The molecule has 4 rings (SSSR count). The van der Waals surface area contributed by atoms with E-state index < -0.39 is 6.10 Å². The molecule has 0 saturated heterocycles.